The topological polar surface area (TPSA) is 86.6 Å². The minimum atomic E-state index is -3.29. The SMILES string of the molecule is CCCS(=O)(=O)N(C)C[C@]1(O)CCN(c2cnccn2)C1. The second-order valence-electron chi connectivity index (χ2n) is 5.53. The molecule has 1 aromatic heterocycles. The third kappa shape index (κ3) is 3.90. The first-order chi connectivity index (χ1) is 9.86. The molecule has 0 saturated carbocycles. The highest BCUT2D eigenvalue weighted by Gasteiger charge is 2.39. The highest BCUT2D eigenvalue weighted by atomic mass is 32.2. The molecule has 0 radical (unpaired) electrons. The smallest absolute Gasteiger partial charge is 0.213 e. The summed E-state index contributed by atoms with van der Waals surface area (Å²) in [6.07, 6.45) is 5.91. The van der Waals surface area contributed by atoms with Crippen molar-refractivity contribution in [3.05, 3.63) is 18.6 Å². The molecule has 0 spiro atoms. The van der Waals surface area contributed by atoms with Gasteiger partial charge in [0.1, 0.15) is 5.82 Å². The summed E-state index contributed by atoms with van der Waals surface area (Å²) in [5.74, 6) is 0.806. The molecule has 1 aliphatic rings. The van der Waals surface area contributed by atoms with Gasteiger partial charge in [0.2, 0.25) is 10.0 Å². The van der Waals surface area contributed by atoms with Crippen molar-refractivity contribution >= 4 is 15.8 Å². The Bertz CT molecular complexity index is 566. The Balaban J connectivity index is 2.02. The summed E-state index contributed by atoms with van der Waals surface area (Å²) in [6.45, 7) is 2.92. The number of sulfonamides is 1. The maximum atomic E-state index is 12.0. The second kappa shape index (κ2) is 6.25. The summed E-state index contributed by atoms with van der Waals surface area (Å²) in [5.41, 5.74) is -1.05. The summed E-state index contributed by atoms with van der Waals surface area (Å²) in [4.78, 5) is 10.1. The Morgan fingerprint density at radius 2 is 2.24 bits per heavy atom. The lowest BCUT2D eigenvalue weighted by Crippen LogP contribution is -2.46. The van der Waals surface area contributed by atoms with Crippen LogP contribution in [0.3, 0.4) is 0 Å². The molecule has 2 rings (SSSR count). The van der Waals surface area contributed by atoms with Gasteiger partial charge in [0.15, 0.2) is 0 Å². The van der Waals surface area contributed by atoms with Crippen molar-refractivity contribution in [2.45, 2.75) is 25.4 Å². The summed E-state index contributed by atoms with van der Waals surface area (Å²) >= 11 is 0. The largest absolute Gasteiger partial charge is 0.387 e. The van der Waals surface area contributed by atoms with E-state index in [9.17, 15) is 13.5 Å². The maximum absolute atomic E-state index is 12.0. The minimum absolute atomic E-state index is 0.103. The fraction of sp³-hybridized carbons (Fsp3) is 0.692. The van der Waals surface area contributed by atoms with Crippen molar-refractivity contribution in [3.63, 3.8) is 0 Å². The van der Waals surface area contributed by atoms with Gasteiger partial charge in [-0.15, -0.1) is 0 Å². The molecule has 1 aliphatic heterocycles. The average Bonchev–Trinajstić information content (AvgIpc) is 2.82. The van der Waals surface area contributed by atoms with Gasteiger partial charge in [0.25, 0.3) is 0 Å². The van der Waals surface area contributed by atoms with Gasteiger partial charge in [-0.05, 0) is 12.8 Å². The van der Waals surface area contributed by atoms with Crippen LogP contribution in [0.2, 0.25) is 0 Å². The Morgan fingerprint density at radius 1 is 1.48 bits per heavy atom. The van der Waals surface area contributed by atoms with Crippen LogP contribution >= 0.6 is 0 Å². The number of hydrogen-bond donors (Lipinski definition) is 1. The van der Waals surface area contributed by atoms with Crippen LogP contribution in [0.15, 0.2) is 18.6 Å². The number of β-amino-alcohol motifs (C(OH)–C–C–N with tert-alkyl or cyclic N) is 1. The standard InChI is InChI=1S/C13H22N4O3S/c1-3-8-21(19,20)16(2)10-13(18)4-7-17(11-13)12-9-14-5-6-15-12/h5-6,9,18H,3-4,7-8,10-11H2,1-2H3/t13-/m1/s1. The van der Waals surface area contributed by atoms with Crippen LogP contribution in [-0.2, 0) is 10.0 Å². The van der Waals surface area contributed by atoms with Gasteiger partial charge in [-0.3, -0.25) is 4.98 Å². The Hall–Kier alpha value is -1.25. The highest BCUT2D eigenvalue weighted by molar-refractivity contribution is 7.89. The molecule has 1 aromatic rings. The lowest BCUT2D eigenvalue weighted by Gasteiger charge is -2.28. The lowest BCUT2D eigenvalue weighted by molar-refractivity contribution is 0.0479. The van der Waals surface area contributed by atoms with Crippen molar-refractivity contribution in [2.75, 3.05) is 37.3 Å². The molecular weight excluding hydrogens is 292 g/mol. The molecule has 118 valence electrons. The molecule has 1 atom stereocenters. The van der Waals surface area contributed by atoms with E-state index in [1.807, 2.05) is 11.8 Å². The van der Waals surface area contributed by atoms with E-state index in [0.717, 1.165) is 0 Å². The zero-order chi connectivity index (χ0) is 15.5. The number of likely N-dealkylation sites (N-methyl/N-ethyl adjacent to an activating group) is 1. The summed E-state index contributed by atoms with van der Waals surface area (Å²) in [7, 11) is -1.77. The van der Waals surface area contributed by atoms with Gasteiger partial charge in [-0.25, -0.2) is 17.7 Å². The first-order valence-corrected chi connectivity index (χ1v) is 8.64. The van der Waals surface area contributed by atoms with Crippen LogP contribution in [-0.4, -0.2) is 65.8 Å². The zero-order valence-electron chi connectivity index (χ0n) is 12.4. The summed E-state index contributed by atoms with van der Waals surface area (Å²) in [6, 6.07) is 0. The maximum Gasteiger partial charge on any atom is 0.213 e. The fourth-order valence-electron chi connectivity index (χ4n) is 2.56. The Labute approximate surface area is 125 Å². The lowest BCUT2D eigenvalue weighted by atomic mass is 10.0. The molecule has 2 heterocycles. The highest BCUT2D eigenvalue weighted by Crippen LogP contribution is 2.26. The van der Waals surface area contributed by atoms with Crippen molar-refractivity contribution in [1.29, 1.82) is 0 Å². The number of nitrogens with zero attached hydrogens (tertiary/aromatic N) is 4. The summed E-state index contributed by atoms with van der Waals surface area (Å²) in [5, 5.41) is 10.6. The van der Waals surface area contributed by atoms with Crippen molar-refractivity contribution < 1.29 is 13.5 Å². The van der Waals surface area contributed by atoms with Crippen molar-refractivity contribution in [2.24, 2.45) is 0 Å². The first kappa shape index (κ1) is 16.1. The normalized spacial score (nSPS) is 23.0. The summed E-state index contributed by atoms with van der Waals surface area (Å²) < 4.78 is 25.2. The molecule has 0 bridgehead atoms. The van der Waals surface area contributed by atoms with Gasteiger partial charge >= 0.3 is 0 Å². The van der Waals surface area contributed by atoms with E-state index in [4.69, 9.17) is 0 Å². The third-order valence-corrected chi connectivity index (χ3v) is 5.66. The van der Waals surface area contributed by atoms with Crippen LogP contribution in [0.4, 0.5) is 5.82 Å². The fourth-order valence-corrected chi connectivity index (χ4v) is 3.83. The van der Waals surface area contributed by atoms with Gasteiger partial charge < -0.3 is 10.0 Å². The number of anilines is 1. The van der Waals surface area contributed by atoms with Gasteiger partial charge in [0, 0.05) is 39.1 Å². The second-order valence-corrected chi connectivity index (χ2v) is 7.73. The van der Waals surface area contributed by atoms with Crippen molar-refractivity contribution in [3.8, 4) is 0 Å². The molecular formula is C13H22N4O3S. The van der Waals surface area contributed by atoms with E-state index >= 15 is 0 Å². The third-order valence-electron chi connectivity index (χ3n) is 3.66. The number of aliphatic hydroxyl groups is 1. The zero-order valence-corrected chi connectivity index (χ0v) is 13.3. The monoisotopic (exact) mass is 314 g/mol. The Kier molecular flexibility index (Phi) is 4.80. The molecule has 1 saturated heterocycles. The molecule has 0 amide bonds. The van der Waals surface area contributed by atoms with Crippen molar-refractivity contribution in [1.82, 2.24) is 14.3 Å². The van der Waals surface area contributed by atoms with Gasteiger partial charge in [-0.2, -0.15) is 0 Å². The molecule has 1 fully saturated rings. The molecule has 0 aromatic carbocycles. The van der Waals surface area contributed by atoms with Gasteiger partial charge in [-0.1, -0.05) is 6.92 Å². The minimum Gasteiger partial charge on any atom is -0.387 e. The van der Waals surface area contributed by atoms with Crippen LogP contribution in [0.5, 0.6) is 0 Å². The van der Waals surface area contributed by atoms with Gasteiger partial charge in [0.05, 0.1) is 17.6 Å². The molecule has 0 unspecified atom stereocenters. The number of hydrogen-bond acceptors (Lipinski definition) is 6. The van der Waals surface area contributed by atoms with Crippen LogP contribution in [0.25, 0.3) is 0 Å². The molecule has 21 heavy (non-hydrogen) atoms. The first-order valence-electron chi connectivity index (χ1n) is 7.04. The van der Waals surface area contributed by atoms with Crippen LogP contribution in [0, 0.1) is 0 Å². The van der Waals surface area contributed by atoms with E-state index in [1.54, 1.807) is 18.6 Å². The van der Waals surface area contributed by atoms with Crippen LogP contribution in [0.1, 0.15) is 19.8 Å². The number of rotatable bonds is 6. The average molecular weight is 314 g/mol. The molecule has 7 nitrogen and oxygen atoms in total. The molecule has 0 aliphatic carbocycles. The van der Waals surface area contributed by atoms with E-state index < -0.39 is 15.6 Å². The predicted octanol–water partition coefficient (Wildman–Crippen LogP) is 0.0894. The number of aromatic nitrogens is 2. The van der Waals surface area contributed by atoms with E-state index in [-0.39, 0.29) is 12.3 Å². The predicted molar refractivity (Wildman–Crippen MR) is 80.5 cm³/mol. The van der Waals surface area contributed by atoms with E-state index in [2.05, 4.69) is 9.97 Å². The molecule has 8 heteroatoms. The quantitative estimate of drug-likeness (QED) is 0.801. The Morgan fingerprint density at radius 3 is 2.86 bits per heavy atom. The van der Waals surface area contributed by atoms with Crippen LogP contribution < -0.4 is 4.90 Å². The van der Waals surface area contributed by atoms with E-state index in [1.165, 1.54) is 11.4 Å². The van der Waals surface area contributed by atoms with E-state index in [0.29, 0.717) is 31.7 Å². The molecule has 1 N–H and O–H groups in total.